The normalized spacial score (nSPS) is 21.0. The Kier molecular flexibility index (Phi) is 6.17. The molecule has 0 aliphatic carbocycles. The number of rotatable bonds is 7. The first-order valence-corrected chi connectivity index (χ1v) is 11.3. The molecule has 3 amide bonds. The van der Waals surface area contributed by atoms with Crippen molar-refractivity contribution in [2.75, 3.05) is 32.4 Å². The van der Waals surface area contributed by atoms with Crippen LogP contribution in [0.5, 0.6) is 0 Å². The summed E-state index contributed by atoms with van der Waals surface area (Å²) in [5, 5.41) is 0. The van der Waals surface area contributed by atoms with E-state index in [0.717, 1.165) is 4.90 Å². The highest BCUT2D eigenvalue weighted by Gasteiger charge is 2.59. The van der Waals surface area contributed by atoms with E-state index >= 15 is 0 Å². The van der Waals surface area contributed by atoms with Crippen LogP contribution in [0.25, 0.3) is 0 Å². The number of carbonyl (C=O) groups excluding carboxylic acids is 3. The van der Waals surface area contributed by atoms with Gasteiger partial charge >= 0.3 is 10.3 Å². The smallest absolute Gasteiger partial charge is 0.340 e. The zero-order chi connectivity index (χ0) is 21.3. The van der Waals surface area contributed by atoms with Gasteiger partial charge in [0.05, 0.1) is 11.8 Å². The zero-order valence-corrected chi connectivity index (χ0v) is 17.4. The van der Waals surface area contributed by atoms with Gasteiger partial charge in [-0.2, -0.15) is 8.42 Å². The first-order valence-electron chi connectivity index (χ1n) is 8.93. The SMILES string of the molecule is CN(CCN)C(=O)c1ccc(SCC(=O)N2CC[C@@H]3[C@H]2C(=O)N3S(=O)(=O)O)cc1. The van der Waals surface area contributed by atoms with Crippen LogP contribution in [0.4, 0.5) is 0 Å². The molecule has 0 bridgehead atoms. The van der Waals surface area contributed by atoms with E-state index in [2.05, 4.69) is 0 Å². The van der Waals surface area contributed by atoms with Crippen LogP contribution in [-0.2, 0) is 19.9 Å². The third kappa shape index (κ3) is 4.25. The highest BCUT2D eigenvalue weighted by molar-refractivity contribution is 8.00. The molecule has 0 radical (unpaired) electrons. The minimum atomic E-state index is -4.59. The van der Waals surface area contributed by atoms with Crippen LogP contribution in [0.15, 0.2) is 29.2 Å². The number of nitrogens with zero attached hydrogens (tertiary/aromatic N) is 3. The molecule has 0 unspecified atom stereocenters. The molecule has 1 aromatic carbocycles. The summed E-state index contributed by atoms with van der Waals surface area (Å²) in [5.74, 6) is -1.13. The first kappa shape index (κ1) is 21.6. The quantitative estimate of drug-likeness (QED) is 0.325. The van der Waals surface area contributed by atoms with Gasteiger partial charge in [-0.1, -0.05) is 0 Å². The highest BCUT2D eigenvalue weighted by Crippen LogP contribution is 2.36. The summed E-state index contributed by atoms with van der Waals surface area (Å²) < 4.78 is 32.0. The van der Waals surface area contributed by atoms with E-state index in [0.29, 0.717) is 29.4 Å². The van der Waals surface area contributed by atoms with Crippen molar-refractivity contribution >= 4 is 39.8 Å². The van der Waals surface area contributed by atoms with Gasteiger partial charge in [0.25, 0.3) is 11.8 Å². The molecule has 2 heterocycles. The fourth-order valence-corrected chi connectivity index (χ4v) is 5.22. The minimum absolute atomic E-state index is 0.0722. The fourth-order valence-electron chi connectivity index (χ4n) is 3.53. The highest BCUT2D eigenvalue weighted by atomic mass is 32.2. The summed E-state index contributed by atoms with van der Waals surface area (Å²) >= 11 is 1.26. The Hall–Kier alpha value is -2.15. The number of carbonyl (C=O) groups is 3. The maximum absolute atomic E-state index is 12.5. The van der Waals surface area contributed by atoms with Crippen LogP contribution in [0.3, 0.4) is 0 Å². The summed E-state index contributed by atoms with van der Waals surface area (Å²) in [7, 11) is -2.92. The van der Waals surface area contributed by atoms with Crippen molar-refractivity contribution < 1.29 is 27.4 Å². The van der Waals surface area contributed by atoms with Crippen molar-refractivity contribution in [1.29, 1.82) is 0 Å². The molecule has 0 aromatic heterocycles. The van der Waals surface area contributed by atoms with E-state index < -0.39 is 28.3 Å². The average molecular weight is 443 g/mol. The van der Waals surface area contributed by atoms with E-state index in [1.54, 1.807) is 31.3 Å². The van der Waals surface area contributed by atoms with Gasteiger partial charge in [-0.25, -0.2) is 4.31 Å². The third-order valence-electron chi connectivity index (χ3n) is 4.98. The molecular weight excluding hydrogens is 420 g/mol. The Morgan fingerprint density at radius 3 is 2.55 bits per heavy atom. The second-order valence-electron chi connectivity index (χ2n) is 6.83. The van der Waals surface area contributed by atoms with Gasteiger partial charge in [-0.05, 0) is 30.7 Å². The maximum Gasteiger partial charge on any atom is 0.362 e. The van der Waals surface area contributed by atoms with Crippen molar-refractivity contribution in [3.63, 3.8) is 0 Å². The van der Waals surface area contributed by atoms with Crippen LogP contribution in [0.2, 0.25) is 0 Å². The Bertz CT molecular complexity index is 920. The molecule has 0 saturated carbocycles. The second-order valence-corrected chi connectivity index (χ2v) is 9.17. The van der Waals surface area contributed by atoms with Crippen LogP contribution >= 0.6 is 11.8 Å². The lowest BCUT2D eigenvalue weighted by Gasteiger charge is -2.42. The van der Waals surface area contributed by atoms with Crippen molar-refractivity contribution in [2.24, 2.45) is 5.73 Å². The van der Waals surface area contributed by atoms with Gasteiger partial charge in [-0.15, -0.1) is 11.8 Å². The predicted octanol–water partition coefficient (Wildman–Crippen LogP) is -0.576. The van der Waals surface area contributed by atoms with Crippen molar-refractivity contribution in [3.05, 3.63) is 29.8 Å². The number of amides is 3. The molecule has 1 aromatic rings. The topological polar surface area (TPSA) is 141 Å². The Morgan fingerprint density at radius 2 is 1.97 bits per heavy atom. The molecular formula is C17H22N4O6S2. The molecule has 10 nitrogen and oxygen atoms in total. The van der Waals surface area contributed by atoms with E-state index in [4.69, 9.17) is 10.3 Å². The summed E-state index contributed by atoms with van der Waals surface area (Å²) in [4.78, 5) is 40.4. The Labute approximate surface area is 172 Å². The number of nitrogens with two attached hydrogens (primary N) is 1. The van der Waals surface area contributed by atoms with Gasteiger partial charge in [0.1, 0.15) is 6.04 Å². The Morgan fingerprint density at radius 1 is 1.31 bits per heavy atom. The minimum Gasteiger partial charge on any atom is -0.340 e. The van der Waals surface area contributed by atoms with Crippen LogP contribution < -0.4 is 5.73 Å². The lowest BCUT2D eigenvalue weighted by Crippen LogP contribution is -2.68. The molecule has 29 heavy (non-hydrogen) atoms. The van der Waals surface area contributed by atoms with E-state index in [1.165, 1.54) is 21.6 Å². The first-order chi connectivity index (χ1) is 13.6. The van der Waals surface area contributed by atoms with Crippen LogP contribution in [-0.4, -0.2) is 89.3 Å². The van der Waals surface area contributed by atoms with Gasteiger partial charge in [0.2, 0.25) is 5.91 Å². The van der Waals surface area contributed by atoms with E-state index in [1.807, 2.05) is 0 Å². The number of β-lactam (4-membered cyclic amide) rings is 1. The standard InChI is InChI=1S/C17H22N4O6S2/c1-19(9-7-18)16(23)11-2-4-12(5-3-11)28-10-14(22)20-8-6-13-15(20)17(24)21(13)29(25,26)27/h2-5,13,15H,6-10,18H2,1H3,(H,25,26,27)/t13-,15+/m1/s1. The molecule has 0 spiro atoms. The number of hydrogen-bond donors (Lipinski definition) is 2. The lowest BCUT2D eigenvalue weighted by atomic mass is 10.0. The summed E-state index contributed by atoms with van der Waals surface area (Å²) in [6.45, 7) is 1.09. The maximum atomic E-state index is 12.5. The molecule has 2 aliphatic heterocycles. The average Bonchev–Trinajstić information content (AvgIpc) is 3.03. The molecule has 2 aliphatic rings. The number of likely N-dealkylation sites (tertiary alicyclic amines) is 1. The molecule has 3 N–H and O–H groups in total. The molecule has 158 valence electrons. The lowest BCUT2D eigenvalue weighted by molar-refractivity contribution is -0.150. The monoisotopic (exact) mass is 442 g/mol. The predicted molar refractivity (Wildman–Crippen MR) is 105 cm³/mol. The number of likely N-dealkylation sites (N-methyl/N-ethyl adjacent to an activating group) is 1. The van der Waals surface area contributed by atoms with Gasteiger partial charge in [-0.3, -0.25) is 18.9 Å². The fraction of sp³-hybridized carbons (Fsp3) is 0.471. The van der Waals surface area contributed by atoms with Gasteiger partial charge < -0.3 is 15.5 Å². The van der Waals surface area contributed by atoms with Crippen molar-refractivity contribution in [2.45, 2.75) is 23.4 Å². The van der Waals surface area contributed by atoms with Crippen LogP contribution in [0, 0.1) is 0 Å². The Balaban J connectivity index is 1.55. The molecule has 12 heteroatoms. The number of benzene rings is 1. The van der Waals surface area contributed by atoms with Crippen molar-refractivity contribution in [1.82, 2.24) is 14.1 Å². The third-order valence-corrected chi connectivity index (χ3v) is 6.93. The largest absolute Gasteiger partial charge is 0.362 e. The number of fused-ring (bicyclic) bond motifs is 1. The summed E-state index contributed by atoms with van der Waals surface area (Å²) in [6.07, 6.45) is 0.305. The molecule has 2 fully saturated rings. The number of hydrogen-bond acceptors (Lipinski definition) is 7. The zero-order valence-electron chi connectivity index (χ0n) is 15.7. The summed E-state index contributed by atoms with van der Waals surface area (Å²) in [5.41, 5.74) is 5.97. The summed E-state index contributed by atoms with van der Waals surface area (Å²) in [6, 6.07) is 5.30. The second kappa shape index (κ2) is 8.30. The van der Waals surface area contributed by atoms with E-state index in [-0.39, 0.29) is 24.1 Å². The van der Waals surface area contributed by atoms with Gasteiger partial charge in [0, 0.05) is 37.1 Å². The van der Waals surface area contributed by atoms with Crippen molar-refractivity contribution in [3.8, 4) is 0 Å². The van der Waals surface area contributed by atoms with Crippen LogP contribution in [0.1, 0.15) is 16.8 Å². The molecule has 2 saturated heterocycles. The van der Waals surface area contributed by atoms with Gasteiger partial charge in [0.15, 0.2) is 0 Å². The molecule has 2 atom stereocenters. The van der Waals surface area contributed by atoms with E-state index in [9.17, 15) is 22.8 Å². The molecule has 3 rings (SSSR count). The number of thioether (sulfide) groups is 1.